The van der Waals surface area contributed by atoms with E-state index < -0.39 is 0 Å². The lowest BCUT2D eigenvalue weighted by Gasteiger charge is -2.43. The van der Waals surface area contributed by atoms with E-state index in [0.29, 0.717) is 13.2 Å². The van der Waals surface area contributed by atoms with Gasteiger partial charge in [-0.15, -0.1) is 0 Å². The molecule has 4 nitrogen and oxygen atoms in total. The maximum atomic E-state index is 5.77. The second-order valence-electron chi connectivity index (χ2n) is 5.80. The summed E-state index contributed by atoms with van der Waals surface area (Å²) >= 11 is 3.67. The molecule has 2 aliphatic rings. The van der Waals surface area contributed by atoms with E-state index in [9.17, 15) is 0 Å². The van der Waals surface area contributed by atoms with Gasteiger partial charge in [0.05, 0.1) is 5.60 Å². The fourth-order valence-electron chi connectivity index (χ4n) is 3.15. The summed E-state index contributed by atoms with van der Waals surface area (Å²) < 4.78 is 18.2. The van der Waals surface area contributed by atoms with Gasteiger partial charge in [-0.1, -0.05) is 15.9 Å². The first kappa shape index (κ1) is 15.1. The summed E-state index contributed by atoms with van der Waals surface area (Å²) in [7, 11) is 3.82. The van der Waals surface area contributed by atoms with E-state index in [4.69, 9.17) is 14.2 Å². The van der Waals surface area contributed by atoms with Gasteiger partial charge in [0, 0.05) is 17.6 Å². The number of fused-ring (bicyclic) bond motifs is 1. The number of benzene rings is 1. The van der Waals surface area contributed by atoms with Crippen molar-refractivity contribution in [1.29, 1.82) is 0 Å². The molecule has 5 heteroatoms. The van der Waals surface area contributed by atoms with Gasteiger partial charge in [-0.25, -0.2) is 0 Å². The molecule has 1 fully saturated rings. The quantitative estimate of drug-likeness (QED) is 0.877. The lowest BCUT2D eigenvalue weighted by Crippen LogP contribution is -2.42. The molecule has 1 aliphatic heterocycles. The van der Waals surface area contributed by atoms with Crippen LogP contribution in [0.1, 0.15) is 37.3 Å². The van der Waals surface area contributed by atoms with Crippen LogP contribution in [0.25, 0.3) is 0 Å². The number of halogens is 1. The van der Waals surface area contributed by atoms with Crippen LogP contribution in [-0.4, -0.2) is 33.0 Å². The maximum absolute atomic E-state index is 5.77. The SMILES string of the molecule is CNC(CC1(OC)CCC1)c1cc2c(cc1Br)OCCO2. The van der Waals surface area contributed by atoms with Crippen LogP contribution in [0.15, 0.2) is 16.6 Å². The van der Waals surface area contributed by atoms with Gasteiger partial charge in [-0.2, -0.15) is 0 Å². The lowest BCUT2D eigenvalue weighted by atomic mass is 9.74. The summed E-state index contributed by atoms with van der Waals surface area (Å²) in [6.45, 7) is 1.22. The van der Waals surface area contributed by atoms with Crippen LogP contribution in [0.5, 0.6) is 11.5 Å². The monoisotopic (exact) mass is 355 g/mol. The normalized spacial score (nSPS) is 20.7. The fourth-order valence-corrected chi connectivity index (χ4v) is 3.75. The first-order valence-corrected chi connectivity index (χ1v) is 8.28. The third kappa shape index (κ3) is 2.91. The lowest BCUT2D eigenvalue weighted by molar-refractivity contribution is -0.0835. The molecule has 3 rings (SSSR count). The van der Waals surface area contributed by atoms with Gasteiger partial charge >= 0.3 is 0 Å². The first-order chi connectivity index (χ1) is 10.2. The van der Waals surface area contributed by atoms with Crippen LogP contribution in [0.2, 0.25) is 0 Å². The van der Waals surface area contributed by atoms with E-state index in [2.05, 4.69) is 27.3 Å². The van der Waals surface area contributed by atoms with Crippen LogP contribution in [0.3, 0.4) is 0 Å². The minimum absolute atomic E-state index is 0.0282. The summed E-state index contributed by atoms with van der Waals surface area (Å²) in [5.41, 5.74) is 1.23. The zero-order chi connectivity index (χ0) is 14.9. The van der Waals surface area contributed by atoms with Crippen molar-refractivity contribution in [3.05, 3.63) is 22.2 Å². The Bertz CT molecular complexity index is 511. The van der Waals surface area contributed by atoms with Gasteiger partial charge in [-0.3, -0.25) is 0 Å². The van der Waals surface area contributed by atoms with E-state index in [1.165, 1.54) is 12.0 Å². The summed E-state index contributed by atoms with van der Waals surface area (Å²) in [4.78, 5) is 0. The van der Waals surface area contributed by atoms with Crippen molar-refractivity contribution < 1.29 is 14.2 Å². The molecule has 21 heavy (non-hydrogen) atoms. The molecule has 0 aromatic heterocycles. The first-order valence-electron chi connectivity index (χ1n) is 7.49. The highest BCUT2D eigenvalue weighted by Gasteiger charge is 2.39. The molecular weight excluding hydrogens is 334 g/mol. The standard InChI is InChI=1S/C16H22BrNO3/c1-18-13(10-16(19-2)4-3-5-16)11-8-14-15(9-12(11)17)21-7-6-20-14/h8-9,13,18H,3-7,10H2,1-2H3. The van der Waals surface area contributed by atoms with Crippen LogP contribution in [-0.2, 0) is 4.74 Å². The topological polar surface area (TPSA) is 39.7 Å². The summed E-state index contributed by atoms with van der Waals surface area (Å²) in [5.74, 6) is 1.65. The largest absolute Gasteiger partial charge is 0.486 e. The Morgan fingerprint density at radius 3 is 2.48 bits per heavy atom. The third-order valence-corrected chi connectivity index (χ3v) is 5.35. The molecule has 1 heterocycles. The zero-order valence-corrected chi connectivity index (χ0v) is 14.2. The van der Waals surface area contributed by atoms with Crippen molar-refractivity contribution in [3.8, 4) is 11.5 Å². The smallest absolute Gasteiger partial charge is 0.162 e. The number of hydrogen-bond donors (Lipinski definition) is 1. The Balaban J connectivity index is 1.86. The van der Waals surface area contributed by atoms with Crippen LogP contribution in [0, 0.1) is 0 Å². The fraction of sp³-hybridized carbons (Fsp3) is 0.625. The number of hydrogen-bond acceptors (Lipinski definition) is 4. The minimum atomic E-state index is 0.0282. The zero-order valence-electron chi connectivity index (χ0n) is 12.6. The second-order valence-corrected chi connectivity index (χ2v) is 6.66. The predicted octanol–water partition coefficient (Wildman–Crippen LogP) is 3.44. The molecular formula is C16H22BrNO3. The van der Waals surface area contributed by atoms with E-state index in [1.807, 2.05) is 20.2 Å². The highest BCUT2D eigenvalue weighted by atomic mass is 79.9. The number of methoxy groups -OCH3 is 1. The molecule has 0 spiro atoms. The molecule has 1 saturated carbocycles. The number of rotatable bonds is 5. The van der Waals surface area contributed by atoms with Gasteiger partial charge in [0.25, 0.3) is 0 Å². The number of ether oxygens (including phenoxy) is 3. The van der Waals surface area contributed by atoms with Gasteiger partial charge in [-0.05, 0) is 50.4 Å². The maximum Gasteiger partial charge on any atom is 0.162 e. The molecule has 1 atom stereocenters. The number of nitrogens with one attached hydrogen (secondary N) is 1. The Morgan fingerprint density at radius 1 is 1.29 bits per heavy atom. The Labute approximate surface area is 134 Å². The summed E-state index contributed by atoms with van der Waals surface area (Å²) in [6.07, 6.45) is 4.51. The molecule has 0 amide bonds. The van der Waals surface area contributed by atoms with Gasteiger partial charge < -0.3 is 19.5 Å². The van der Waals surface area contributed by atoms with Crippen molar-refractivity contribution >= 4 is 15.9 Å². The minimum Gasteiger partial charge on any atom is -0.486 e. The third-order valence-electron chi connectivity index (χ3n) is 4.66. The predicted molar refractivity (Wildman–Crippen MR) is 85.1 cm³/mol. The van der Waals surface area contributed by atoms with Gasteiger partial charge in [0.15, 0.2) is 11.5 Å². The second kappa shape index (κ2) is 6.15. The van der Waals surface area contributed by atoms with Gasteiger partial charge in [0.1, 0.15) is 13.2 Å². The molecule has 116 valence electrons. The summed E-state index contributed by atoms with van der Waals surface area (Å²) in [5, 5.41) is 3.42. The van der Waals surface area contributed by atoms with Gasteiger partial charge in [0.2, 0.25) is 0 Å². The highest BCUT2D eigenvalue weighted by Crippen LogP contribution is 2.44. The Kier molecular flexibility index (Phi) is 4.43. The van der Waals surface area contributed by atoms with Crippen LogP contribution < -0.4 is 14.8 Å². The Hall–Kier alpha value is -0.780. The van der Waals surface area contributed by atoms with Crippen molar-refractivity contribution in [2.24, 2.45) is 0 Å². The van der Waals surface area contributed by atoms with Crippen molar-refractivity contribution in [3.63, 3.8) is 0 Å². The average molecular weight is 356 g/mol. The molecule has 1 aliphatic carbocycles. The molecule has 1 N–H and O–H groups in total. The molecule has 0 bridgehead atoms. The molecule has 0 radical (unpaired) electrons. The van der Waals surface area contributed by atoms with E-state index >= 15 is 0 Å². The Morgan fingerprint density at radius 2 is 1.95 bits per heavy atom. The average Bonchev–Trinajstić information content (AvgIpc) is 2.47. The molecule has 1 unspecified atom stereocenters. The highest BCUT2D eigenvalue weighted by molar-refractivity contribution is 9.10. The van der Waals surface area contributed by atoms with E-state index in [0.717, 1.165) is 35.2 Å². The van der Waals surface area contributed by atoms with Crippen molar-refractivity contribution in [2.45, 2.75) is 37.3 Å². The van der Waals surface area contributed by atoms with Crippen LogP contribution >= 0.6 is 15.9 Å². The van der Waals surface area contributed by atoms with Crippen LogP contribution in [0.4, 0.5) is 0 Å². The summed E-state index contributed by atoms with van der Waals surface area (Å²) in [6, 6.07) is 4.33. The van der Waals surface area contributed by atoms with Crippen molar-refractivity contribution in [2.75, 3.05) is 27.4 Å². The molecule has 1 aromatic carbocycles. The van der Waals surface area contributed by atoms with E-state index in [-0.39, 0.29) is 11.6 Å². The molecule has 0 saturated heterocycles. The van der Waals surface area contributed by atoms with E-state index in [1.54, 1.807) is 0 Å². The molecule has 1 aromatic rings. The van der Waals surface area contributed by atoms with Crippen molar-refractivity contribution in [1.82, 2.24) is 5.32 Å².